The maximum Gasteiger partial charge on any atom is 0.326 e. The lowest BCUT2D eigenvalue weighted by molar-refractivity contribution is -0.140. The number of carbonyl (C=O) groups is 4. The highest BCUT2D eigenvalue weighted by molar-refractivity contribution is 5.87. The lowest BCUT2D eigenvalue weighted by Crippen LogP contribution is -2.48. The fourth-order valence-electron chi connectivity index (χ4n) is 1.38. The molecule has 0 aromatic heterocycles. The second-order valence-corrected chi connectivity index (χ2v) is 5.51. The molecule has 0 fully saturated rings. The van der Waals surface area contributed by atoms with Crippen molar-refractivity contribution in [1.29, 1.82) is 0 Å². The average Bonchev–Trinajstić information content (AvgIpc) is 2.24. The molecule has 9 heteroatoms. The fourth-order valence-corrected chi connectivity index (χ4v) is 1.38. The Labute approximate surface area is 122 Å². The van der Waals surface area contributed by atoms with E-state index in [-0.39, 0.29) is 24.4 Å². The number of carboxylic acid groups (broad SMARTS) is 1. The Morgan fingerprint density at radius 2 is 1.76 bits per heavy atom. The molecule has 6 N–H and O–H groups in total. The molecule has 0 aromatic rings. The lowest BCUT2D eigenvalue weighted by atomic mass is 10.1. The highest BCUT2D eigenvalue weighted by atomic mass is 16.4. The van der Waals surface area contributed by atoms with Crippen LogP contribution in [0.2, 0.25) is 0 Å². The maximum atomic E-state index is 11.5. The van der Waals surface area contributed by atoms with Crippen molar-refractivity contribution >= 4 is 23.8 Å². The van der Waals surface area contributed by atoms with Crippen LogP contribution in [0.3, 0.4) is 0 Å². The van der Waals surface area contributed by atoms with Crippen LogP contribution in [0.25, 0.3) is 0 Å². The van der Waals surface area contributed by atoms with E-state index in [2.05, 4.69) is 16.0 Å². The summed E-state index contributed by atoms with van der Waals surface area (Å²) in [5, 5.41) is 15.9. The van der Waals surface area contributed by atoms with Crippen LogP contribution in [0.4, 0.5) is 4.79 Å². The molecule has 0 aliphatic heterocycles. The number of rotatable bonds is 7. The van der Waals surface area contributed by atoms with Gasteiger partial charge in [-0.3, -0.25) is 9.59 Å². The minimum absolute atomic E-state index is 0.0384. The summed E-state index contributed by atoms with van der Waals surface area (Å²) in [6, 6.07) is -2.18. The molecule has 0 aliphatic carbocycles. The highest BCUT2D eigenvalue weighted by Crippen LogP contribution is 1.98. The summed E-state index contributed by atoms with van der Waals surface area (Å²) in [7, 11) is 0. The van der Waals surface area contributed by atoms with E-state index in [0.29, 0.717) is 0 Å². The number of amides is 4. The van der Waals surface area contributed by atoms with Crippen molar-refractivity contribution in [2.24, 2.45) is 5.73 Å². The third kappa shape index (κ3) is 10.2. The second kappa shape index (κ2) is 8.08. The Bertz CT molecular complexity index is 416. The largest absolute Gasteiger partial charge is 0.480 e. The van der Waals surface area contributed by atoms with Gasteiger partial charge in [0, 0.05) is 18.5 Å². The summed E-state index contributed by atoms with van der Waals surface area (Å²) < 4.78 is 0. The molecule has 0 heterocycles. The van der Waals surface area contributed by atoms with E-state index in [1.165, 1.54) is 0 Å². The monoisotopic (exact) mass is 302 g/mol. The molecule has 0 unspecified atom stereocenters. The van der Waals surface area contributed by atoms with Crippen LogP contribution in [0.1, 0.15) is 33.6 Å². The molecule has 0 bridgehead atoms. The Kier molecular flexibility index (Phi) is 7.18. The van der Waals surface area contributed by atoms with Crippen LogP contribution >= 0.6 is 0 Å². The van der Waals surface area contributed by atoms with Gasteiger partial charge in [0.2, 0.25) is 11.8 Å². The smallest absolute Gasteiger partial charge is 0.326 e. The zero-order valence-corrected chi connectivity index (χ0v) is 12.4. The summed E-state index contributed by atoms with van der Waals surface area (Å²) >= 11 is 0. The molecule has 4 amide bonds. The summed E-state index contributed by atoms with van der Waals surface area (Å²) in [6.45, 7) is 5.52. The molecule has 0 radical (unpaired) electrons. The van der Waals surface area contributed by atoms with E-state index < -0.39 is 30.4 Å². The number of carboxylic acids is 1. The minimum Gasteiger partial charge on any atom is -0.480 e. The molecule has 120 valence electrons. The summed E-state index contributed by atoms with van der Waals surface area (Å²) in [6.07, 6.45) is -0.453. The van der Waals surface area contributed by atoms with Crippen molar-refractivity contribution in [3.63, 3.8) is 0 Å². The first-order valence-electron chi connectivity index (χ1n) is 6.38. The van der Waals surface area contributed by atoms with Crippen LogP contribution < -0.4 is 21.7 Å². The van der Waals surface area contributed by atoms with Crippen LogP contribution in [0, 0.1) is 0 Å². The standard InChI is InChI=1S/C12H22N4O5/c1-12(2,3)16-9(18)4-5-14-11(21)15-7(10(19)20)6-8(13)17/h7H,4-6H2,1-3H3,(H2,13,17)(H,16,18)(H,19,20)(H2,14,15,21)/t7-/m1/s1. The Morgan fingerprint density at radius 1 is 1.19 bits per heavy atom. The van der Waals surface area contributed by atoms with Crippen molar-refractivity contribution in [1.82, 2.24) is 16.0 Å². The zero-order chi connectivity index (χ0) is 16.6. The molecule has 0 aromatic carbocycles. The van der Waals surface area contributed by atoms with Gasteiger partial charge in [0.05, 0.1) is 6.42 Å². The molecule has 0 spiro atoms. The van der Waals surface area contributed by atoms with Gasteiger partial charge >= 0.3 is 12.0 Å². The van der Waals surface area contributed by atoms with Crippen molar-refractivity contribution in [2.45, 2.75) is 45.2 Å². The molecule has 0 rings (SSSR count). The Balaban J connectivity index is 4.11. The van der Waals surface area contributed by atoms with E-state index in [1.54, 1.807) is 0 Å². The van der Waals surface area contributed by atoms with Crippen molar-refractivity contribution in [3.05, 3.63) is 0 Å². The van der Waals surface area contributed by atoms with Gasteiger partial charge < -0.3 is 26.8 Å². The molecule has 9 nitrogen and oxygen atoms in total. The van der Waals surface area contributed by atoms with Crippen LogP contribution in [0.15, 0.2) is 0 Å². The predicted molar refractivity (Wildman–Crippen MR) is 74.3 cm³/mol. The third-order valence-electron chi connectivity index (χ3n) is 2.16. The highest BCUT2D eigenvalue weighted by Gasteiger charge is 2.22. The van der Waals surface area contributed by atoms with Crippen molar-refractivity contribution in [3.8, 4) is 0 Å². The van der Waals surface area contributed by atoms with Crippen LogP contribution in [-0.2, 0) is 14.4 Å². The number of hydrogen-bond acceptors (Lipinski definition) is 4. The van der Waals surface area contributed by atoms with Gasteiger partial charge in [-0.1, -0.05) is 0 Å². The average molecular weight is 302 g/mol. The van der Waals surface area contributed by atoms with Crippen molar-refractivity contribution < 1.29 is 24.3 Å². The third-order valence-corrected chi connectivity index (χ3v) is 2.16. The van der Waals surface area contributed by atoms with Gasteiger partial charge in [-0.15, -0.1) is 0 Å². The van der Waals surface area contributed by atoms with Crippen LogP contribution in [-0.4, -0.2) is 47.0 Å². The van der Waals surface area contributed by atoms with Gasteiger partial charge in [0.25, 0.3) is 0 Å². The number of nitrogens with one attached hydrogen (secondary N) is 3. The van der Waals surface area contributed by atoms with Gasteiger partial charge in [-0.2, -0.15) is 0 Å². The van der Waals surface area contributed by atoms with Gasteiger partial charge in [-0.25, -0.2) is 9.59 Å². The normalized spacial score (nSPS) is 12.1. The summed E-state index contributed by atoms with van der Waals surface area (Å²) in [5.74, 6) is -2.45. The van der Waals surface area contributed by atoms with E-state index in [9.17, 15) is 19.2 Å². The number of aliphatic carboxylic acids is 1. The number of hydrogen-bond donors (Lipinski definition) is 5. The second-order valence-electron chi connectivity index (χ2n) is 5.51. The molecular weight excluding hydrogens is 280 g/mol. The molecule has 0 saturated carbocycles. The quantitative estimate of drug-likeness (QED) is 0.405. The molecule has 21 heavy (non-hydrogen) atoms. The minimum atomic E-state index is -1.40. The summed E-state index contributed by atoms with van der Waals surface area (Å²) in [5.41, 5.74) is 4.51. The predicted octanol–water partition coefficient (Wildman–Crippen LogP) is -1.08. The number of nitrogens with two attached hydrogens (primary N) is 1. The first kappa shape index (κ1) is 18.7. The van der Waals surface area contributed by atoms with Crippen LogP contribution in [0.5, 0.6) is 0 Å². The Hall–Kier alpha value is -2.32. The number of urea groups is 1. The fraction of sp³-hybridized carbons (Fsp3) is 0.667. The Morgan fingerprint density at radius 3 is 2.19 bits per heavy atom. The van der Waals surface area contributed by atoms with E-state index in [0.717, 1.165) is 0 Å². The van der Waals surface area contributed by atoms with E-state index in [1.807, 2.05) is 20.8 Å². The van der Waals surface area contributed by atoms with E-state index in [4.69, 9.17) is 10.8 Å². The molecular formula is C12H22N4O5. The maximum absolute atomic E-state index is 11.5. The number of carbonyl (C=O) groups excluding carboxylic acids is 3. The van der Waals surface area contributed by atoms with Gasteiger partial charge in [0.1, 0.15) is 6.04 Å². The first-order chi connectivity index (χ1) is 9.51. The number of primary amides is 1. The zero-order valence-electron chi connectivity index (χ0n) is 12.4. The van der Waals surface area contributed by atoms with Gasteiger partial charge in [-0.05, 0) is 20.8 Å². The van der Waals surface area contributed by atoms with Crippen molar-refractivity contribution in [2.75, 3.05) is 6.54 Å². The molecule has 1 atom stereocenters. The first-order valence-corrected chi connectivity index (χ1v) is 6.38. The van der Waals surface area contributed by atoms with E-state index >= 15 is 0 Å². The summed E-state index contributed by atoms with van der Waals surface area (Å²) in [4.78, 5) is 44.4. The molecule has 0 aliphatic rings. The topological polar surface area (TPSA) is 151 Å². The molecule has 0 saturated heterocycles. The lowest BCUT2D eigenvalue weighted by Gasteiger charge is -2.20. The SMILES string of the molecule is CC(C)(C)NC(=O)CCNC(=O)N[C@H](CC(N)=O)C(=O)O. The van der Waals surface area contributed by atoms with Gasteiger partial charge in [0.15, 0.2) is 0 Å².